The lowest BCUT2D eigenvalue weighted by molar-refractivity contribution is 0.337. The molecule has 0 saturated carbocycles. The topological polar surface area (TPSA) is 39.4 Å². The summed E-state index contributed by atoms with van der Waals surface area (Å²) in [5.74, 6) is 1.02. The number of aliphatic imine (C=N–C) groups is 1. The van der Waals surface area contributed by atoms with Crippen LogP contribution in [0.3, 0.4) is 0 Å². The van der Waals surface area contributed by atoms with E-state index in [1.807, 2.05) is 6.19 Å². The smallest absolute Gasteiger partial charge is 0.208 e. The van der Waals surface area contributed by atoms with Crippen molar-refractivity contribution in [3.8, 4) is 6.19 Å². The van der Waals surface area contributed by atoms with Crippen LogP contribution >= 0.6 is 11.8 Å². The molecule has 0 spiro atoms. The first-order chi connectivity index (χ1) is 8.76. The highest BCUT2D eigenvalue weighted by Crippen LogP contribution is 2.31. The largest absolute Gasteiger partial charge is 0.343 e. The van der Waals surface area contributed by atoms with Crippen molar-refractivity contribution in [1.82, 2.24) is 4.90 Å². The summed E-state index contributed by atoms with van der Waals surface area (Å²) in [5, 5.41) is 9.59. The van der Waals surface area contributed by atoms with Gasteiger partial charge in [-0.05, 0) is 18.9 Å². The van der Waals surface area contributed by atoms with Crippen LogP contribution in [0.5, 0.6) is 0 Å². The molecule has 1 aromatic rings. The molecule has 3 nitrogen and oxygen atoms in total. The van der Waals surface area contributed by atoms with E-state index in [0.29, 0.717) is 6.04 Å². The van der Waals surface area contributed by atoms with Crippen LogP contribution in [-0.4, -0.2) is 22.4 Å². The van der Waals surface area contributed by atoms with E-state index in [-0.39, 0.29) is 0 Å². The first kappa shape index (κ1) is 13.0. The fourth-order valence-corrected chi connectivity index (χ4v) is 3.23. The lowest BCUT2D eigenvalue weighted by Gasteiger charge is -2.28. The minimum Gasteiger partial charge on any atom is -0.343 e. The fourth-order valence-electron chi connectivity index (χ4n) is 2.27. The van der Waals surface area contributed by atoms with Gasteiger partial charge in [0.15, 0.2) is 5.17 Å². The van der Waals surface area contributed by atoms with E-state index in [9.17, 15) is 0 Å². The second-order valence-electron chi connectivity index (χ2n) is 4.37. The van der Waals surface area contributed by atoms with Crippen LogP contribution in [0.25, 0.3) is 0 Å². The number of nitrogens with zero attached hydrogens (tertiary/aromatic N) is 3. The Morgan fingerprint density at radius 1 is 1.44 bits per heavy atom. The van der Waals surface area contributed by atoms with Crippen LogP contribution in [0.15, 0.2) is 29.3 Å². The van der Waals surface area contributed by atoms with Gasteiger partial charge in [-0.15, -0.1) is 4.99 Å². The zero-order chi connectivity index (χ0) is 13.0. The maximum absolute atomic E-state index is 8.73. The zero-order valence-electron chi connectivity index (χ0n) is 10.8. The molecular formula is C14H17N3S. The highest BCUT2D eigenvalue weighted by Gasteiger charge is 2.27. The quantitative estimate of drug-likeness (QED) is 0.782. The third-order valence-corrected chi connectivity index (χ3v) is 4.15. The van der Waals surface area contributed by atoms with Gasteiger partial charge in [0.25, 0.3) is 0 Å². The minimum absolute atomic E-state index is 0.327. The number of amidine groups is 1. The Bertz CT molecular complexity index is 473. The van der Waals surface area contributed by atoms with Crippen molar-refractivity contribution in [2.45, 2.75) is 26.3 Å². The Hall–Kier alpha value is -1.47. The first-order valence-corrected chi connectivity index (χ1v) is 7.17. The maximum Gasteiger partial charge on any atom is 0.208 e. The van der Waals surface area contributed by atoms with Gasteiger partial charge in [0, 0.05) is 12.3 Å². The molecule has 0 N–H and O–H groups in total. The van der Waals surface area contributed by atoms with Crippen LogP contribution in [0, 0.1) is 18.4 Å². The third kappa shape index (κ3) is 2.68. The van der Waals surface area contributed by atoms with Crippen LogP contribution < -0.4 is 0 Å². The van der Waals surface area contributed by atoms with Gasteiger partial charge in [-0.1, -0.05) is 48.5 Å². The van der Waals surface area contributed by atoms with Crippen LogP contribution in [0.1, 0.15) is 30.5 Å². The van der Waals surface area contributed by atoms with Crippen molar-refractivity contribution in [3.05, 3.63) is 35.4 Å². The summed E-state index contributed by atoms with van der Waals surface area (Å²) in [7, 11) is 0. The predicted octanol–water partition coefficient (Wildman–Crippen LogP) is 3.33. The number of hydrogen-bond acceptors (Lipinski definition) is 3. The van der Waals surface area contributed by atoms with E-state index >= 15 is 0 Å². The van der Waals surface area contributed by atoms with Gasteiger partial charge in [0.2, 0.25) is 6.19 Å². The molecular weight excluding hydrogens is 242 g/mol. The fraction of sp³-hybridized carbons (Fsp3) is 0.429. The van der Waals surface area contributed by atoms with Gasteiger partial charge >= 0.3 is 0 Å². The standard InChI is InChI=1S/C14H17N3S/c1-3-13(12-6-4-11(2)5-7-12)17-8-9-18-14(17)16-10-15/h4-7,13H,3,8-9H2,1-2H3. The SMILES string of the molecule is CCC(c1ccc(C)cc1)N1CCSC1=NC#N. The molecule has 1 heterocycles. The average Bonchev–Trinajstić information content (AvgIpc) is 2.82. The molecule has 0 aromatic heterocycles. The molecule has 0 radical (unpaired) electrons. The summed E-state index contributed by atoms with van der Waals surface area (Å²) in [6, 6.07) is 8.96. The second kappa shape index (κ2) is 5.92. The molecule has 1 unspecified atom stereocenters. The summed E-state index contributed by atoms with van der Waals surface area (Å²) < 4.78 is 0. The number of aryl methyl sites for hydroxylation is 1. The molecule has 0 amide bonds. The van der Waals surface area contributed by atoms with Crippen molar-refractivity contribution in [2.75, 3.05) is 12.3 Å². The summed E-state index contributed by atoms with van der Waals surface area (Å²) >= 11 is 1.67. The third-order valence-electron chi connectivity index (χ3n) is 3.18. The highest BCUT2D eigenvalue weighted by molar-refractivity contribution is 8.14. The average molecular weight is 259 g/mol. The first-order valence-electron chi connectivity index (χ1n) is 6.19. The molecule has 1 saturated heterocycles. The van der Waals surface area contributed by atoms with Crippen LogP contribution in [0.2, 0.25) is 0 Å². The Morgan fingerprint density at radius 2 is 2.17 bits per heavy atom. The van der Waals surface area contributed by atoms with Crippen molar-refractivity contribution in [3.63, 3.8) is 0 Å². The highest BCUT2D eigenvalue weighted by atomic mass is 32.2. The number of thioether (sulfide) groups is 1. The second-order valence-corrected chi connectivity index (χ2v) is 5.43. The van der Waals surface area contributed by atoms with Gasteiger partial charge in [-0.25, -0.2) is 0 Å². The molecule has 2 rings (SSSR count). The van der Waals surface area contributed by atoms with Crippen LogP contribution in [0.4, 0.5) is 0 Å². The molecule has 4 heteroatoms. The summed E-state index contributed by atoms with van der Waals surface area (Å²) in [4.78, 5) is 6.18. The van der Waals surface area contributed by atoms with Gasteiger partial charge in [0.05, 0.1) is 6.04 Å². The Labute approximate surface area is 113 Å². The molecule has 0 bridgehead atoms. The molecule has 0 aliphatic carbocycles. The van der Waals surface area contributed by atoms with Gasteiger partial charge < -0.3 is 4.90 Å². The maximum atomic E-state index is 8.73. The lowest BCUT2D eigenvalue weighted by Crippen LogP contribution is -2.29. The van der Waals surface area contributed by atoms with E-state index in [0.717, 1.165) is 23.9 Å². The summed E-state index contributed by atoms with van der Waals surface area (Å²) in [6.07, 6.45) is 2.93. The van der Waals surface area contributed by atoms with E-state index in [2.05, 4.69) is 48.0 Å². The van der Waals surface area contributed by atoms with E-state index in [4.69, 9.17) is 5.26 Å². The number of hydrogen-bond donors (Lipinski definition) is 0. The monoisotopic (exact) mass is 259 g/mol. The van der Waals surface area contributed by atoms with E-state index < -0.39 is 0 Å². The number of nitriles is 1. The van der Waals surface area contributed by atoms with Crippen molar-refractivity contribution in [1.29, 1.82) is 5.26 Å². The zero-order valence-corrected chi connectivity index (χ0v) is 11.6. The molecule has 1 fully saturated rings. The molecule has 18 heavy (non-hydrogen) atoms. The minimum atomic E-state index is 0.327. The van der Waals surface area contributed by atoms with Gasteiger partial charge in [-0.2, -0.15) is 5.26 Å². The number of benzene rings is 1. The normalized spacial score (nSPS) is 18.9. The van der Waals surface area contributed by atoms with Crippen molar-refractivity contribution >= 4 is 16.9 Å². The Morgan fingerprint density at radius 3 is 2.78 bits per heavy atom. The molecule has 1 aromatic carbocycles. The molecule has 1 aliphatic rings. The molecule has 1 aliphatic heterocycles. The van der Waals surface area contributed by atoms with Gasteiger partial charge in [-0.3, -0.25) is 0 Å². The van der Waals surface area contributed by atoms with Crippen molar-refractivity contribution < 1.29 is 0 Å². The predicted molar refractivity (Wildman–Crippen MR) is 76.4 cm³/mol. The molecule has 94 valence electrons. The van der Waals surface area contributed by atoms with E-state index in [1.54, 1.807) is 11.8 Å². The van der Waals surface area contributed by atoms with E-state index in [1.165, 1.54) is 11.1 Å². The summed E-state index contributed by atoms with van der Waals surface area (Å²) in [6.45, 7) is 5.24. The van der Waals surface area contributed by atoms with Crippen molar-refractivity contribution in [2.24, 2.45) is 4.99 Å². The molecule has 1 atom stereocenters. The lowest BCUT2D eigenvalue weighted by atomic mass is 10.0. The van der Waals surface area contributed by atoms with Gasteiger partial charge in [0.1, 0.15) is 0 Å². The van der Waals surface area contributed by atoms with Crippen LogP contribution in [-0.2, 0) is 0 Å². The Kier molecular flexibility index (Phi) is 4.27. The Balaban J connectivity index is 2.26. The number of rotatable bonds is 3. The summed E-state index contributed by atoms with van der Waals surface area (Å²) in [5.41, 5.74) is 2.58.